The molecule has 0 spiro atoms. The number of hydrogen-bond donors (Lipinski definition) is 0. The van der Waals surface area contributed by atoms with Crippen molar-refractivity contribution in [2.75, 3.05) is 6.79 Å². The van der Waals surface area contributed by atoms with E-state index in [1.54, 1.807) is 12.1 Å². The van der Waals surface area contributed by atoms with Gasteiger partial charge in [-0.25, -0.2) is 8.42 Å². The lowest BCUT2D eigenvalue weighted by Gasteiger charge is -2.37. The molecule has 1 aliphatic carbocycles. The summed E-state index contributed by atoms with van der Waals surface area (Å²) in [4.78, 5) is 0.385. The van der Waals surface area contributed by atoms with Crippen molar-refractivity contribution in [1.29, 1.82) is 0 Å². The zero-order valence-corrected chi connectivity index (χ0v) is 17.9. The van der Waals surface area contributed by atoms with Crippen LogP contribution in [0.5, 0.6) is 11.5 Å². The first-order valence-corrected chi connectivity index (χ1v) is 11.8. The summed E-state index contributed by atoms with van der Waals surface area (Å²) in [5.74, 6) is 1.26. The molecule has 0 bridgehead atoms. The fourth-order valence-electron chi connectivity index (χ4n) is 4.74. The van der Waals surface area contributed by atoms with Crippen molar-refractivity contribution in [3.8, 4) is 11.5 Å². The number of hydrogen-bond acceptors (Lipinski definition) is 4. The predicted octanol–water partition coefficient (Wildman–Crippen LogP) is 5.21. The first-order valence-electron chi connectivity index (χ1n) is 10.2. The molecule has 3 aromatic rings. The van der Waals surface area contributed by atoms with E-state index in [2.05, 4.69) is 6.92 Å². The van der Waals surface area contributed by atoms with Crippen LogP contribution in [0.4, 0.5) is 0 Å². The van der Waals surface area contributed by atoms with Crippen molar-refractivity contribution in [1.82, 2.24) is 0 Å². The highest BCUT2D eigenvalue weighted by Crippen LogP contribution is 2.50. The Hall–Kier alpha value is -2.79. The largest absolute Gasteiger partial charge is 0.454 e. The second kappa shape index (κ2) is 7.17. The molecule has 0 aromatic heterocycles. The second-order valence-electron chi connectivity index (χ2n) is 8.26. The second-order valence-corrected chi connectivity index (χ2v) is 10.4. The normalized spacial score (nSPS) is 22.5. The van der Waals surface area contributed by atoms with Crippen LogP contribution in [0, 0.1) is 6.92 Å². The van der Waals surface area contributed by atoms with E-state index < -0.39 is 15.1 Å². The van der Waals surface area contributed by atoms with E-state index in [1.165, 1.54) is 0 Å². The fourth-order valence-corrected chi connectivity index (χ4v) is 6.81. The van der Waals surface area contributed by atoms with E-state index in [9.17, 15) is 8.42 Å². The summed E-state index contributed by atoms with van der Waals surface area (Å²) in [5.41, 5.74) is 4.21. The summed E-state index contributed by atoms with van der Waals surface area (Å²) in [5, 5.41) is -0.550. The van der Waals surface area contributed by atoms with Crippen LogP contribution in [0.3, 0.4) is 0 Å². The minimum atomic E-state index is -3.54. The van der Waals surface area contributed by atoms with Crippen molar-refractivity contribution in [2.24, 2.45) is 0 Å². The van der Waals surface area contributed by atoms with Crippen LogP contribution in [0.1, 0.15) is 47.4 Å². The van der Waals surface area contributed by atoms with Gasteiger partial charge in [-0.15, -0.1) is 0 Å². The predicted molar refractivity (Wildman–Crippen MR) is 116 cm³/mol. The van der Waals surface area contributed by atoms with E-state index in [-0.39, 0.29) is 18.6 Å². The molecule has 0 radical (unpaired) electrons. The van der Waals surface area contributed by atoms with E-state index in [1.807, 2.05) is 61.5 Å². The third kappa shape index (κ3) is 3.08. The van der Waals surface area contributed by atoms with E-state index in [0.29, 0.717) is 17.1 Å². The van der Waals surface area contributed by atoms with Gasteiger partial charge in [0.2, 0.25) is 6.79 Å². The summed E-state index contributed by atoms with van der Waals surface area (Å²) in [6.45, 7) is 4.26. The molecule has 3 atom stereocenters. The van der Waals surface area contributed by atoms with Gasteiger partial charge in [0.1, 0.15) is 0 Å². The summed E-state index contributed by atoms with van der Waals surface area (Å²) in [7, 11) is -3.54. The number of fused-ring (bicyclic) bond motifs is 2. The molecule has 5 heteroatoms. The van der Waals surface area contributed by atoms with Crippen LogP contribution in [0.2, 0.25) is 0 Å². The van der Waals surface area contributed by atoms with Crippen LogP contribution in [-0.4, -0.2) is 20.5 Å². The molecule has 154 valence electrons. The van der Waals surface area contributed by atoms with Crippen LogP contribution < -0.4 is 9.47 Å². The number of ether oxygens (including phenoxy) is 2. The van der Waals surface area contributed by atoms with Gasteiger partial charge in [0.25, 0.3) is 0 Å². The highest BCUT2D eigenvalue weighted by atomic mass is 32.2. The van der Waals surface area contributed by atoms with Crippen molar-refractivity contribution >= 4 is 9.84 Å². The highest BCUT2D eigenvalue weighted by molar-refractivity contribution is 7.92. The van der Waals surface area contributed by atoms with E-state index in [0.717, 1.165) is 28.0 Å². The van der Waals surface area contributed by atoms with Gasteiger partial charge in [-0.05, 0) is 60.2 Å². The van der Waals surface area contributed by atoms with Crippen LogP contribution in [0.25, 0.3) is 0 Å². The molecule has 0 N–H and O–H groups in total. The molecule has 0 amide bonds. The molecule has 0 saturated carbocycles. The zero-order valence-electron chi connectivity index (χ0n) is 17.0. The Morgan fingerprint density at radius 2 is 1.50 bits per heavy atom. The summed E-state index contributed by atoms with van der Waals surface area (Å²) >= 11 is 0. The maximum absolute atomic E-state index is 13.8. The standard InChI is InChI=1S/C25H24O4S/c1-16-8-10-19(11-9-16)30(26,27)24-12-17(2)20-13-22-23(29-15-28-22)14-21(20)25(24)18-6-4-3-5-7-18/h3-11,13-14,17,24-25H,12,15H2,1-2H3/t17-,24+,25+/m1/s1. The van der Waals surface area contributed by atoms with Crippen molar-refractivity contribution in [3.63, 3.8) is 0 Å². The van der Waals surface area contributed by atoms with Crippen LogP contribution >= 0.6 is 0 Å². The maximum Gasteiger partial charge on any atom is 0.231 e. The molecule has 2 aliphatic rings. The lowest BCUT2D eigenvalue weighted by molar-refractivity contribution is 0.174. The molecule has 0 saturated heterocycles. The van der Waals surface area contributed by atoms with Gasteiger partial charge in [-0.1, -0.05) is 55.0 Å². The molecule has 1 heterocycles. The van der Waals surface area contributed by atoms with Crippen molar-refractivity contribution in [2.45, 2.75) is 42.2 Å². The smallest absolute Gasteiger partial charge is 0.231 e. The Kier molecular flexibility index (Phi) is 4.58. The van der Waals surface area contributed by atoms with Crippen molar-refractivity contribution in [3.05, 3.63) is 89.0 Å². The Balaban J connectivity index is 1.70. The minimum absolute atomic E-state index is 0.0969. The highest BCUT2D eigenvalue weighted by Gasteiger charge is 2.43. The summed E-state index contributed by atoms with van der Waals surface area (Å²) < 4.78 is 38.8. The lowest BCUT2D eigenvalue weighted by Crippen LogP contribution is -2.35. The lowest BCUT2D eigenvalue weighted by atomic mass is 9.74. The van der Waals surface area contributed by atoms with Gasteiger partial charge in [-0.2, -0.15) is 0 Å². The van der Waals surface area contributed by atoms with Crippen LogP contribution in [0.15, 0.2) is 71.6 Å². The van der Waals surface area contributed by atoms with Crippen LogP contribution in [-0.2, 0) is 9.84 Å². The van der Waals surface area contributed by atoms with Gasteiger partial charge < -0.3 is 9.47 Å². The summed E-state index contributed by atoms with van der Waals surface area (Å²) in [6.07, 6.45) is 0.558. The average Bonchev–Trinajstić information content (AvgIpc) is 3.21. The van der Waals surface area contributed by atoms with Gasteiger partial charge in [0.05, 0.1) is 10.1 Å². The molecule has 3 aromatic carbocycles. The molecule has 1 aliphatic heterocycles. The number of rotatable bonds is 3. The third-order valence-corrected chi connectivity index (χ3v) is 8.50. The van der Waals surface area contributed by atoms with E-state index in [4.69, 9.17) is 9.47 Å². The molecule has 0 unspecified atom stereocenters. The average molecular weight is 421 g/mol. The first-order chi connectivity index (χ1) is 14.4. The third-order valence-electron chi connectivity index (χ3n) is 6.31. The van der Waals surface area contributed by atoms with E-state index >= 15 is 0 Å². The number of benzene rings is 3. The fraction of sp³-hybridized carbons (Fsp3) is 0.280. The Labute approximate surface area is 177 Å². The topological polar surface area (TPSA) is 52.6 Å². The van der Waals surface area contributed by atoms with Gasteiger partial charge in [0.15, 0.2) is 21.3 Å². The SMILES string of the molecule is Cc1ccc(S(=O)(=O)[C@H]2C[C@@H](C)c3cc4c(cc3[C@@H]2c2ccccc2)OCO4)cc1. The van der Waals surface area contributed by atoms with Gasteiger partial charge >= 0.3 is 0 Å². The quantitative estimate of drug-likeness (QED) is 0.584. The summed E-state index contributed by atoms with van der Waals surface area (Å²) in [6, 6.07) is 21.1. The first kappa shape index (κ1) is 19.2. The Bertz CT molecular complexity index is 1180. The molecule has 30 heavy (non-hydrogen) atoms. The van der Waals surface area contributed by atoms with Gasteiger partial charge in [-0.3, -0.25) is 0 Å². The van der Waals surface area contributed by atoms with Gasteiger partial charge in [0, 0.05) is 5.92 Å². The minimum Gasteiger partial charge on any atom is -0.454 e. The zero-order chi connectivity index (χ0) is 20.9. The monoisotopic (exact) mass is 420 g/mol. The number of aryl methyl sites for hydroxylation is 1. The maximum atomic E-state index is 13.8. The molecule has 5 rings (SSSR count). The molecular weight excluding hydrogens is 396 g/mol. The Morgan fingerprint density at radius 3 is 2.17 bits per heavy atom. The Morgan fingerprint density at radius 1 is 0.867 bits per heavy atom. The number of sulfone groups is 1. The van der Waals surface area contributed by atoms with Crippen molar-refractivity contribution < 1.29 is 17.9 Å². The molecule has 0 fully saturated rings. The molecule has 4 nitrogen and oxygen atoms in total. The molecular formula is C25H24O4S.